The van der Waals surface area contributed by atoms with Gasteiger partial charge >= 0.3 is 0 Å². The molecule has 5 rings (SSSR count). The van der Waals surface area contributed by atoms with Gasteiger partial charge in [-0.05, 0) is 50.1 Å². The standard InChI is InChI=1S/C24H23N3O6/c1-14(27-23(30)17-4-2-3-5-18(17)24(27)31)22(29)26-10-8-16(9-11-26)25-21(28)15-6-7-19-20(12-15)33-13-32-19/h2-7,12,14,16H,8-11,13H2,1H3,(H,25,28). The number of nitrogens with zero attached hydrogens (tertiary/aromatic N) is 2. The van der Waals surface area contributed by atoms with E-state index in [-0.39, 0.29) is 24.6 Å². The van der Waals surface area contributed by atoms with Crippen LogP contribution in [0.25, 0.3) is 0 Å². The molecule has 0 aliphatic carbocycles. The molecule has 1 N–H and O–H groups in total. The van der Waals surface area contributed by atoms with E-state index in [1.54, 1.807) is 54.3 Å². The zero-order valence-electron chi connectivity index (χ0n) is 18.1. The molecule has 9 heteroatoms. The number of likely N-dealkylation sites (tertiary alicyclic amines) is 1. The second-order valence-corrected chi connectivity index (χ2v) is 8.34. The molecule has 170 valence electrons. The zero-order valence-corrected chi connectivity index (χ0v) is 18.1. The molecule has 0 radical (unpaired) electrons. The van der Waals surface area contributed by atoms with Crippen LogP contribution in [0, 0.1) is 0 Å². The van der Waals surface area contributed by atoms with E-state index in [0.29, 0.717) is 54.1 Å². The van der Waals surface area contributed by atoms with Crippen LogP contribution in [0.3, 0.4) is 0 Å². The molecule has 2 aromatic carbocycles. The summed E-state index contributed by atoms with van der Waals surface area (Å²) in [5, 5.41) is 3.00. The second-order valence-electron chi connectivity index (χ2n) is 8.34. The minimum absolute atomic E-state index is 0.0819. The predicted octanol–water partition coefficient (Wildman–Crippen LogP) is 1.82. The molecule has 3 aliphatic heterocycles. The number of amides is 4. The van der Waals surface area contributed by atoms with Crippen molar-refractivity contribution in [1.29, 1.82) is 0 Å². The Labute approximate surface area is 190 Å². The van der Waals surface area contributed by atoms with Crippen molar-refractivity contribution in [2.75, 3.05) is 19.9 Å². The summed E-state index contributed by atoms with van der Waals surface area (Å²) in [5.41, 5.74) is 1.14. The van der Waals surface area contributed by atoms with E-state index in [0.717, 1.165) is 4.90 Å². The van der Waals surface area contributed by atoms with Crippen molar-refractivity contribution < 1.29 is 28.7 Å². The number of hydrogen-bond donors (Lipinski definition) is 1. The number of imide groups is 1. The van der Waals surface area contributed by atoms with E-state index < -0.39 is 17.9 Å². The number of benzene rings is 2. The van der Waals surface area contributed by atoms with Crippen LogP contribution in [0.1, 0.15) is 50.8 Å². The Kier molecular flexibility index (Phi) is 5.24. The summed E-state index contributed by atoms with van der Waals surface area (Å²) in [7, 11) is 0. The van der Waals surface area contributed by atoms with E-state index in [9.17, 15) is 19.2 Å². The van der Waals surface area contributed by atoms with Crippen LogP contribution >= 0.6 is 0 Å². The van der Waals surface area contributed by atoms with Crippen LogP contribution in [0.4, 0.5) is 0 Å². The maximum Gasteiger partial charge on any atom is 0.262 e. The van der Waals surface area contributed by atoms with Gasteiger partial charge in [0.2, 0.25) is 12.7 Å². The van der Waals surface area contributed by atoms with Gasteiger partial charge in [0.1, 0.15) is 6.04 Å². The first-order chi connectivity index (χ1) is 15.9. The van der Waals surface area contributed by atoms with Crippen LogP contribution in [0.5, 0.6) is 11.5 Å². The molecule has 3 heterocycles. The van der Waals surface area contributed by atoms with Crippen LogP contribution in [0.15, 0.2) is 42.5 Å². The summed E-state index contributed by atoms with van der Waals surface area (Å²) in [6, 6.07) is 10.7. The lowest BCUT2D eigenvalue weighted by molar-refractivity contribution is -0.136. The number of hydrogen-bond acceptors (Lipinski definition) is 6. The predicted molar refractivity (Wildman–Crippen MR) is 116 cm³/mol. The van der Waals surface area contributed by atoms with Crippen LogP contribution in [-0.4, -0.2) is 65.4 Å². The molecular weight excluding hydrogens is 426 g/mol. The first-order valence-electron chi connectivity index (χ1n) is 10.9. The number of piperidine rings is 1. The highest BCUT2D eigenvalue weighted by Crippen LogP contribution is 2.32. The Morgan fingerprint density at radius 2 is 1.61 bits per heavy atom. The van der Waals surface area contributed by atoms with Gasteiger partial charge in [0, 0.05) is 24.7 Å². The Balaban J connectivity index is 1.17. The molecule has 3 aliphatic rings. The fourth-order valence-electron chi connectivity index (χ4n) is 4.49. The lowest BCUT2D eigenvalue weighted by Crippen LogP contribution is -2.53. The molecule has 2 aromatic rings. The third kappa shape index (κ3) is 3.69. The number of carbonyl (C=O) groups is 4. The number of fused-ring (bicyclic) bond motifs is 2. The van der Waals surface area contributed by atoms with Crippen molar-refractivity contribution in [2.24, 2.45) is 0 Å². The van der Waals surface area contributed by atoms with Crippen LogP contribution < -0.4 is 14.8 Å². The van der Waals surface area contributed by atoms with Gasteiger partial charge < -0.3 is 19.7 Å². The second kappa shape index (κ2) is 8.23. The first kappa shape index (κ1) is 21.0. The number of nitrogens with one attached hydrogen (secondary N) is 1. The number of rotatable bonds is 4. The maximum atomic E-state index is 13.1. The monoisotopic (exact) mass is 449 g/mol. The highest BCUT2D eigenvalue weighted by Gasteiger charge is 2.42. The summed E-state index contributed by atoms with van der Waals surface area (Å²) in [6.07, 6.45) is 1.16. The molecular formula is C24H23N3O6. The molecule has 0 bridgehead atoms. The summed E-state index contributed by atoms with van der Waals surface area (Å²) < 4.78 is 10.6. The smallest absolute Gasteiger partial charge is 0.262 e. The number of ether oxygens (including phenoxy) is 2. The summed E-state index contributed by atoms with van der Waals surface area (Å²) in [4.78, 5) is 53.7. The number of carbonyl (C=O) groups excluding carboxylic acids is 4. The van der Waals surface area contributed by atoms with E-state index in [2.05, 4.69) is 5.32 Å². The maximum absolute atomic E-state index is 13.1. The molecule has 4 amide bonds. The van der Waals surface area contributed by atoms with Crippen LogP contribution in [-0.2, 0) is 4.79 Å². The SMILES string of the molecule is CC(C(=O)N1CCC(NC(=O)c2ccc3c(c2)OCO3)CC1)N1C(=O)c2ccccc2C1=O. The van der Waals surface area contributed by atoms with Crippen molar-refractivity contribution in [3.8, 4) is 11.5 Å². The fraction of sp³-hybridized carbons (Fsp3) is 0.333. The zero-order chi connectivity index (χ0) is 23.1. The Morgan fingerprint density at radius 1 is 0.970 bits per heavy atom. The van der Waals surface area contributed by atoms with Gasteiger partial charge in [0.25, 0.3) is 17.7 Å². The van der Waals surface area contributed by atoms with Gasteiger partial charge in [-0.3, -0.25) is 24.1 Å². The van der Waals surface area contributed by atoms with Gasteiger partial charge in [-0.25, -0.2) is 0 Å². The lowest BCUT2D eigenvalue weighted by Gasteiger charge is -2.35. The molecule has 0 aromatic heterocycles. The van der Waals surface area contributed by atoms with Crippen molar-refractivity contribution in [3.05, 3.63) is 59.2 Å². The van der Waals surface area contributed by atoms with Crippen molar-refractivity contribution >= 4 is 23.6 Å². The van der Waals surface area contributed by atoms with Gasteiger partial charge in [-0.2, -0.15) is 0 Å². The quantitative estimate of drug-likeness (QED) is 0.714. The normalized spacial score (nSPS) is 18.3. The van der Waals surface area contributed by atoms with Gasteiger partial charge in [-0.15, -0.1) is 0 Å². The molecule has 1 atom stereocenters. The minimum atomic E-state index is -0.892. The van der Waals surface area contributed by atoms with Gasteiger partial charge in [0.05, 0.1) is 11.1 Å². The van der Waals surface area contributed by atoms with E-state index in [4.69, 9.17) is 9.47 Å². The fourth-order valence-corrected chi connectivity index (χ4v) is 4.49. The Morgan fingerprint density at radius 3 is 2.27 bits per heavy atom. The topological polar surface area (TPSA) is 105 Å². The van der Waals surface area contributed by atoms with Crippen molar-refractivity contribution in [2.45, 2.75) is 31.8 Å². The Hall–Kier alpha value is -3.88. The molecule has 1 fully saturated rings. The van der Waals surface area contributed by atoms with E-state index >= 15 is 0 Å². The van der Waals surface area contributed by atoms with Crippen LogP contribution in [0.2, 0.25) is 0 Å². The highest BCUT2D eigenvalue weighted by atomic mass is 16.7. The highest BCUT2D eigenvalue weighted by molar-refractivity contribution is 6.22. The molecule has 1 unspecified atom stereocenters. The average molecular weight is 449 g/mol. The molecule has 33 heavy (non-hydrogen) atoms. The lowest BCUT2D eigenvalue weighted by atomic mass is 10.0. The molecule has 0 saturated carbocycles. The largest absolute Gasteiger partial charge is 0.454 e. The molecule has 9 nitrogen and oxygen atoms in total. The third-order valence-corrected chi connectivity index (χ3v) is 6.35. The van der Waals surface area contributed by atoms with Crippen molar-refractivity contribution in [3.63, 3.8) is 0 Å². The van der Waals surface area contributed by atoms with Crippen molar-refractivity contribution in [1.82, 2.24) is 15.1 Å². The minimum Gasteiger partial charge on any atom is -0.454 e. The van der Waals surface area contributed by atoms with Gasteiger partial charge in [0.15, 0.2) is 11.5 Å². The summed E-state index contributed by atoms with van der Waals surface area (Å²) in [5.74, 6) is -0.206. The molecule has 0 spiro atoms. The molecule has 1 saturated heterocycles. The van der Waals surface area contributed by atoms with Gasteiger partial charge in [-0.1, -0.05) is 12.1 Å². The third-order valence-electron chi connectivity index (χ3n) is 6.35. The van der Waals surface area contributed by atoms with E-state index in [1.165, 1.54) is 0 Å². The average Bonchev–Trinajstić information content (AvgIpc) is 3.41. The first-order valence-corrected chi connectivity index (χ1v) is 10.9. The van der Waals surface area contributed by atoms with E-state index in [1.807, 2.05) is 0 Å². The summed E-state index contributed by atoms with van der Waals surface area (Å²) >= 11 is 0. The Bertz CT molecular complexity index is 1120. The summed E-state index contributed by atoms with van der Waals surface area (Å²) in [6.45, 7) is 2.58.